The van der Waals surface area contributed by atoms with Crippen LogP contribution in [0.5, 0.6) is 5.75 Å². The summed E-state index contributed by atoms with van der Waals surface area (Å²) < 4.78 is 31.3. The number of nitrogens with one attached hydrogen (secondary N) is 1. The van der Waals surface area contributed by atoms with Crippen LogP contribution in [0.25, 0.3) is 0 Å². The summed E-state index contributed by atoms with van der Waals surface area (Å²) in [5, 5.41) is 0. The van der Waals surface area contributed by atoms with Crippen LogP contribution in [0.15, 0.2) is 24.3 Å². The van der Waals surface area contributed by atoms with Gasteiger partial charge in [0.2, 0.25) is 0 Å². The second kappa shape index (κ2) is 4.22. The highest BCUT2D eigenvalue weighted by Crippen LogP contribution is 2.29. The van der Waals surface area contributed by atoms with E-state index in [2.05, 4.69) is 5.84 Å². The summed E-state index contributed by atoms with van der Waals surface area (Å²) in [7, 11) is 1.42. The van der Waals surface area contributed by atoms with Crippen molar-refractivity contribution < 1.29 is 18.3 Å². The van der Waals surface area contributed by atoms with Crippen molar-refractivity contribution in [3.05, 3.63) is 29.8 Å². The topological polar surface area (TPSA) is 64.3 Å². The van der Waals surface area contributed by atoms with E-state index in [1.807, 2.05) is 0 Å². The summed E-state index contributed by atoms with van der Waals surface area (Å²) in [5.41, 5.74) is 0.973. The van der Waals surface area contributed by atoms with Crippen LogP contribution in [0.3, 0.4) is 0 Å². The van der Waals surface area contributed by atoms with Crippen LogP contribution >= 0.6 is 0 Å². The Balaban J connectivity index is 3.00. The predicted octanol–water partition coefficient (Wildman–Crippen LogP) is 0.777. The first-order valence-corrected chi connectivity index (χ1v) is 4.05. The number of methoxy groups -OCH3 is 1. The van der Waals surface area contributed by atoms with Gasteiger partial charge in [-0.1, -0.05) is 0 Å². The third kappa shape index (κ3) is 2.21. The summed E-state index contributed by atoms with van der Waals surface area (Å²) in [6, 6.07) is 4.89. The first-order chi connectivity index (χ1) is 7.02. The molecule has 0 aliphatic rings. The Morgan fingerprint density at radius 1 is 1.40 bits per heavy atom. The number of hydrazine groups is 1. The first kappa shape index (κ1) is 11.4. The first-order valence-electron chi connectivity index (χ1n) is 4.05. The highest BCUT2D eigenvalue weighted by Gasteiger charge is 2.40. The number of nitrogens with two attached hydrogens (primary N) is 1. The molecule has 0 aromatic heterocycles. The molecule has 0 radical (unpaired) electrons. The molecule has 1 aromatic rings. The van der Waals surface area contributed by atoms with E-state index in [0.29, 0.717) is 5.75 Å². The number of alkyl halides is 2. The Labute approximate surface area is 85.0 Å². The maximum Gasteiger partial charge on any atom is 0.351 e. The molecule has 0 aliphatic heterocycles. The van der Waals surface area contributed by atoms with Gasteiger partial charge in [-0.05, 0) is 24.3 Å². The average molecular weight is 216 g/mol. The van der Waals surface area contributed by atoms with Gasteiger partial charge in [0.1, 0.15) is 5.75 Å². The van der Waals surface area contributed by atoms with Crippen molar-refractivity contribution in [2.75, 3.05) is 7.11 Å². The molecule has 1 rings (SSSR count). The zero-order valence-corrected chi connectivity index (χ0v) is 7.96. The number of halogens is 2. The minimum absolute atomic E-state index is 0.433. The number of benzene rings is 1. The molecular formula is C9H10F2N2O2. The number of amides is 1. The third-order valence-electron chi connectivity index (χ3n) is 1.87. The van der Waals surface area contributed by atoms with Gasteiger partial charge in [-0.2, -0.15) is 8.78 Å². The average Bonchev–Trinajstić information content (AvgIpc) is 2.28. The fourth-order valence-electron chi connectivity index (χ4n) is 1.02. The standard InChI is InChI=1S/C9H10F2N2O2/c1-15-7-4-2-6(3-5-7)9(10,11)8(14)13-12/h2-5H,12H2,1H3,(H,13,14). The Morgan fingerprint density at radius 2 is 1.93 bits per heavy atom. The normalized spacial score (nSPS) is 10.9. The smallest absolute Gasteiger partial charge is 0.351 e. The number of hydrogen-bond acceptors (Lipinski definition) is 3. The van der Waals surface area contributed by atoms with Crippen LogP contribution in [-0.2, 0) is 10.7 Å². The molecule has 0 heterocycles. The van der Waals surface area contributed by atoms with Gasteiger partial charge >= 0.3 is 11.8 Å². The van der Waals surface area contributed by atoms with Gasteiger partial charge < -0.3 is 4.74 Å². The molecule has 0 saturated carbocycles. The molecule has 15 heavy (non-hydrogen) atoms. The summed E-state index contributed by atoms with van der Waals surface area (Å²) >= 11 is 0. The van der Waals surface area contributed by atoms with Crippen molar-refractivity contribution in [1.82, 2.24) is 5.43 Å². The van der Waals surface area contributed by atoms with Crippen molar-refractivity contribution >= 4 is 5.91 Å². The lowest BCUT2D eigenvalue weighted by Gasteiger charge is -2.14. The van der Waals surface area contributed by atoms with E-state index in [1.54, 1.807) is 0 Å². The molecule has 1 aromatic carbocycles. The molecule has 0 atom stereocenters. The van der Waals surface area contributed by atoms with Gasteiger partial charge in [0, 0.05) is 5.56 Å². The Kier molecular flexibility index (Phi) is 3.21. The van der Waals surface area contributed by atoms with Crippen LogP contribution in [0.1, 0.15) is 5.56 Å². The third-order valence-corrected chi connectivity index (χ3v) is 1.87. The van der Waals surface area contributed by atoms with Crippen LogP contribution in [-0.4, -0.2) is 13.0 Å². The van der Waals surface area contributed by atoms with Crippen molar-refractivity contribution in [2.45, 2.75) is 5.92 Å². The van der Waals surface area contributed by atoms with E-state index >= 15 is 0 Å². The van der Waals surface area contributed by atoms with Gasteiger partial charge in [0.05, 0.1) is 7.11 Å². The van der Waals surface area contributed by atoms with Crippen molar-refractivity contribution in [2.24, 2.45) is 5.84 Å². The number of carbonyl (C=O) groups is 1. The highest BCUT2D eigenvalue weighted by atomic mass is 19.3. The molecule has 0 spiro atoms. The van der Waals surface area contributed by atoms with E-state index in [9.17, 15) is 13.6 Å². The van der Waals surface area contributed by atoms with Crippen molar-refractivity contribution in [3.8, 4) is 5.75 Å². The molecule has 0 fully saturated rings. The molecule has 0 aliphatic carbocycles. The minimum atomic E-state index is -3.64. The summed E-state index contributed by atoms with van der Waals surface area (Å²) in [5.74, 6) is -0.106. The quantitative estimate of drug-likeness (QED) is 0.445. The molecule has 6 heteroatoms. The monoisotopic (exact) mass is 216 g/mol. The molecule has 82 valence electrons. The van der Waals surface area contributed by atoms with E-state index in [4.69, 9.17) is 4.74 Å². The fraction of sp³-hybridized carbons (Fsp3) is 0.222. The summed E-state index contributed by atoms with van der Waals surface area (Å²) in [4.78, 5) is 10.8. The van der Waals surface area contributed by atoms with Crippen LogP contribution in [0.4, 0.5) is 8.78 Å². The maximum atomic E-state index is 13.3. The Bertz CT molecular complexity index is 352. The zero-order valence-electron chi connectivity index (χ0n) is 7.96. The Hall–Kier alpha value is -1.69. The van der Waals surface area contributed by atoms with Gasteiger partial charge in [-0.15, -0.1) is 0 Å². The summed E-state index contributed by atoms with van der Waals surface area (Å²) in [6.07, 6.45) is 0. The lowest BCUT2D eigenvalue weighted by molar-refractivity contribution is -0.147. The molecular weight excluding hydrogens is 206 g/mol. The second-order valence-electron chi connectivity index (χ2n) is 2.78. The molecule has 0 bridgehead atoms. The minimum Gasteiger partial charge on any atom is -0.497 e. The predicted molar refractivity (Wildman–Crippen MR) is 49.2 cm³/mol. The van der Waals surface area contributed by atoms with Gasteiger partial charge in [-0.25, -0.2) is 5.84 Å². The number of hydrogen-bond donors (Lipinski definition) is 2. The maximum absolute atomic E-state index is 13.3. The second-order valence-corrected chi connectivity index (χ2v) is 2.78. The zero-order chi connectivity index (χ0) is 11.5. The van der Waals surface area contributed by atoms with Crippen LogP contribution in [0.2, 0.25) is 0 Å². The van der Waals surface area contributed by atoms with Crippen molar-refractivity contribution in [1.29, 1.82) is 0 Å². The van der Waals surface area contributed by atoms with Crippen LogP contribution < -0.4 is 16.0 Å². The van der Waals surface area contributed by atoms with Crippen LogP contribution in [0, 0.1) is 0 Å². The Morgan fingerprint density at radius 3 is 2.33 bits per heavy atom. The van der Waals surface area contributed by atoms with E-state index in [-0.39, 0.29) is 0 Å². The molecule has 0 saturated heterocycles. The van der Waals surface area contributed by atoms with Gasteiger partial charge in [-0.3, -0.25) is 10.2 Å². The highest BCUT2D eigenvalue weighted by molar-refractivity contribution is 5.84. The molecule has 4 nitrogen and oxygen atoms in total. The van der Waals surface area contributed by atoms with E-state index in [0.717, 1.165) is 12.1 Å². The van der Waals surface area contributed by atoms with E-state index < -0.39 is 17.4 Å². The lowest BCUT2D eigenvalue weighted by atomic mass is 10.1. The van der Waals surface area contributed by atoms with Crippen molar-refractivity contribution in [3.63, 3.8) is 0 Å². The number of carbonyl (C=O) groups excluding carboxylic acids is 1. The largest absolute Gasteiger partial charge is 0.497 e. The molecule has 3 N–H and O–H groups in total. The molecule has 1 amide bonds. The van der Waals surface area contributed by atoms with E-state index in [1.165, 1.54) is 24.7 Å². The number of rotatable bonds is 3. The van der Waals surface area contributed by atoms with Gasteiger partial charge in [0.25, 0.3) is 0 Å². The van der Waals surface area contributed by atoms with Gasteiger partial charge in [0.15, 0.2) is 0 Å². The SMILES string of the molecule is COc1ccc(C(F)(F)C(=O)NN)cc1. The summed E-state index contributed by atoms with van der Waals surface area (Å²) in [6.45, 7) is 0. The molecule has 0 unspecified atom stereocenters. The lowest BCUT2D eigenvalue weighted by Crippen LogP contribution is -2.41. The number of ether oxygens (including phenoxy) is 1. The fourth-order valence-corrected chi connectivity index (χ4v) is 1.02.